The van der Waals surface area contributed by atoms with Crippen molar-refractivity contribution in [2.24, 2.45) is 0 Å². The first-order valence-electron chi connectivity index (χ1n) is 10.5. The van der Waals surface area contributed by atoms with Crippen molar-refractivity contribution in [1.29, 1.82) is 0 Å². The molecule has 5 heterocycles. The Hall–Kier alpha value is -3.86. The van der Waals surface area contributed by atoms with Gasteiger partial charge in [0.05, 0.1) is 22.8 Å². The molecule has 0 aliphatic carbocycles. The molecule has 4 aromatic rings. The van der Waals surface area contributed by atoms with E-state index in [1.807, 2.05) is 72.8 Å². The van der Waals surface area contributed by atoms with Crippen molar-refractivity contribution in [2.45, 2.75) is 0 Å². The van der Waals surface area contributed by atoms with Crippen LogP contribution in [0.15, 0.2) is 72.8 Å². The third-order valence-corrected chi connectivity index (χ3v) is 5.48. The van der Waals surface area contributed by atoms with Gasteiger partial charge in [0.2, 0.25) is 0 Å². The predicted octanol–water partition coefficient (Wildman–Crippen LogP) is 5.52. The first kappa shape index (κ1) is 21.0. The molecule has 0 saturated carbocycles. The summed E-state index contributed by atoms with van der Waals surface area (Å²) in [4.78, 5) is 16.0. The number of aromatic amines is 2. The summed E-state index contributed by atoms with van der Waals surface area (Å²) >= 11 is 3.32. The first-order chi connectivity index (χ1) is 16.1. The van der Waals surface area contributed by atoms with Crippen molar-refractivity contribution in [3.63, 3.8) is 0 Å². The summed E-state index contributed by atoms with van der Waals surface area (Å²) < 4.78 is 6.02. The quantitative estimate of drug-likeness (QED) is 0.310. The van der Waals surface area contributed by atoms with Crippen molar-refractivity contribution in [2.75, 3.05) is 7.11 Å². The van der Waals surface area contributed by atoms with Crippen LogP contribution in [0.4, 0.5) is 0 Å². The molecule has 0 unspecified atom stereocenters. The zero-order valence-electron chi connectivity index (χ0n) is 17.9. The number of fused-ring (bicyclic) bond motifs is 8. The Morgan fingerprint density at radius 2 is 0.939 bits per heavy atom. The van der Waals surface area contributed by atoms with E-state index < -0.39 is 0 Å². The van der Waals surface area contributed by atoms with Crippen molar-refractivity contribution in [3.8, 4) is 5.75 Å². The van der Waals surface area contributed by atoms with Crippen LogP contribution in [-0.4, -0.2) is 27.0 Å². The molecule has 0 spiro atoms. The van der Waals surface area contributed by atoms with Crippen molar-refractivity contribution in [3.05, 3.63) is 95.6 Å². The Morgan fingerprint density at radius 3 is 1.27 bits per heavy atom. The van der Waals surface area contributed by atoms with Crippen LogP contribution >= 0.6 is 0 Å². The number of benzene rings is 1. The summed E-state index contributed by atoms with van der Waals surface area (Å²) in [6, 6.07) is 24.1. The molecule has 0 radical (unpaired) electrons. The van der Waals surface area contributed by atoms with E-state index in [0.717, 1.165) is 55.1 Å². The molecule has 6 heteroatoms. The van der Waals surface area contributed by atoms with E-state index in [4.69, 9.17) is 4.74 Å². The molecule has 162 valence electrons. The number of H-pyrrole nitrogens is 2. The predicted molar refractivity (Wildman–Crippen MR) is 131 cm³/mol. The topological polar surface area (TPSA) is 66.6 Å². The Labute approximate surface area is 199 Å². The van der Waals surface area contributed by atoms with Gasteiger partial charge in [0.25, 0.3) is 0 Å². The zero-order chi connectivity index (χ0) is 22.6. The maximum absolute atomic E-state index is 4.95. The molecule has 1 aromatic carbocycles. The van der Waals surface area contributed by atoms with Crippen LogP contribution in [0.25, 0.3) is 46.4 Å². The van der Waals surface area contributed by atoms with Crippen LogP contribution in [0.1, 0.15) is 22.8 Å². The van der Waals surface area contributed by atoms with Crippen LogP contribution in [0, 0.1) is 0 Å². The molecule has 6 rings (SSSR count). The standard InChI is InChI=1S/C20H14N4.C7H7O.Mn/c1-2-14-10-16-5-6-18(23-16)12-20-8-7-19(24-20)11-17-4-3-15(22-17)9-13(1)21-14;1-8-7-5-3-2-4-6-7;/h1-12,21,24H;3-6H,1H3;. The van der Waals surface area contributed by atoms with E-state index in [1.54, 1.807) is 7.11 Å². The number of ether oxygens (including phenoxy) is 1. The fraction of sp³-hybridized carbons (Fsp3) is 0.0370. The van der Waals surface area contributed by atoms with E-state index in [9.17, 15) is 0 Å². The minimum absolute atomic E-state index is 0.887. The van der Waals surface area contributed by atoms with Crippen molar-refractivity contribution in [1.82, 2.24) is 19.9 Å². The second-order valence-electron chi connectivity index (χ2n) is 7.56. The summed E-state index contributed by atoms with van der Waals surface area (Å²) in [6.07, 6.45) is 8.09. The molecule has 0 fully saturated rings. The maximum atomic E-state index is 4.95. The molecule has 5 nitrogen and oxygen atoms in total. The van der Waals surface area contributed by atoms with Crippen LogP contribution in [0.2, 0.25) is 0 Å². The molecule has 8 bridgehead atoms. The normalized spacial score (nSPS) is 11.7. The third kappa shape index (κ3) is 5.32. The fourth-order valence-corrected chi connectivity index (χ4v) is 3.71. The van der Waals surface area contributed by atoms with Crippen molar-refractivity contribution >= 4 is 50.8 Å². The van der Waals surface area contributed by atoms with Gasteiger partial charge in [-0.2, -0.15) is 0 Å². The first-order valence-corrected chi connectivity index (χ1v) is 11.1. The summed E-state index contributed by atoms with van der Waals surface area (Å²) in [5, 5.41) is 0. The van der Waals surface area contributed by atoms with Gasteiger partial charge in [0.1, 0.15) is 0 Å². The van der Waals surface area contributed by atoms with Gasteiger partial charge in [-0.05, 0) is 72.8 Å². The monoisotopic (exact) mass is 472 g/mol. The van der Waals surface area contributed by atoms with Gasteiger partial charge in [0.15, 0.2) is 0 Å². The summed E-state index contributed by atoms with van der Waals surface area (Å²) in [6.45, 7) is 0. The van der Waals surface area contributed by atoms with Gasteiger partial charge < -0.3 is 9.97 Å². The summed E-state index contributed by atoms with van der Waals surface area (Å²) in [7, 11) is 1.66. The van der Waals surface area contributed by atoms with E-state index >= 15 is 0 Å². The number of hydrogen-bond acceptors (Lipinski definition) is 3. The van der Waals surface area contributed by atoms with Crippen LogP contribution in [0.5, 0.6) is 5.75 Å². The third-order valence-electron chi connectivity index (χ3n) is 5.09. The molecule has 2 aliphatic rings. The number of aromatic nitrogens is 4. The average molecular weight is 472 g/mol. The van der Waals surface area contributed by atoms with E-state index in [0.29, 0.717) is 0 Å². The van der Waals surface area contributed by atoms with Crippen LogP contribution in [-0.2, 0) is 16.0 Å². The number of nitrogens with one attached hydrogen (secondary N) is 2. The molecule has 2 N–H and O–H groups in total. The molecule has 0 amide bonds. The summed E-state index contributed by atoms with van der Waals surface area (Å²) in [5.41, 5.74) is 7.86. The zero-order valence-corrected chi connectivity index (χ0v) is 19.1. The van der Waals surface area contributed by atoms with Crippen LogP contribution < -0.4 is 9.20 Å². The number of nitrogens with zero attached hydrogens (tertiary/aromatic N) is 2. The van der Waals surface area contributed by atoms with E-state index in [2.05, 4.69) is 60.2 Å². The number of rotatable bonds is 1. The van der Waals surface area contributed by atoms with Gasteiger partial charge in [-0.15, -0.1) is 0 Å². The van der Waals surface area contributed by atoms with Gasteiger partial charge in [-0.25, -0.2) is 9.97 Å². The molecule has 33 heavy (non-hydrogen) atoms. The molecule has 3 aromatic heterocycles. The average Bonchev–Trinajstić information content (AvgIpc) is 3.61. The van der Waals surface area contributed by atoms with Gasteiger partial charge >= 0.3 is 62.3 Å². The molecular formula is C27H21MnN4O. The SMILES string of the molecule is C1=Cc2cc3ccc(cc4nc(cc5ccc(cc1n2)[nH]5)C=C4)[nH]3.COc1cc[c]([Mn])cc1. The molecule has 0 atom stereocenters. The Bertz CT molecular complexity index is 1340. The second-order valence-corrected chi connectivity index (χ2v) is 8.24. The Kier molecular flexibility index (Phi) is 5.94. The van der Waals surface area contributed by atoms with E-state index in [1.165, 1.54) is 0 Å². The molecule has 0 saturated heterocycles. The van der Waals surface area contributed by atoms with Crippen LogP contribution in [0.3, 0.4) is 0 Å². The minimum atomic E-state index is 0.887. The summed E-state index contributed by atoms with van der Waals surface area (Å²) in [5.74, 6) is 0.887. The number of methoxy groups -OCH3 is 1. The van der Waals surface area contributed by atoms with Gasteiger partial charge in [-0.1, -0.05) is 0 Å². The fourth-order valence-electron chi connectivity index (χ4n) is 3.51. The Morgan fingerprint density at radius 1 is 0.576 bits per heavy atom. The number of hydrogen-bond donors (Lipinski definition) is 2. The van der Waals surface area contributed by atoms with Crippen molar-refractivity contribution < 1.29 is 20.7 Å². The van der Waals surface area contributed by atoms with E-state index in [-0.39, 0.29) is 0 Å². The molecule has 2 aliphatic heterocycles. The molecular weight excluding hydrogens is 451 g/mol. The second kappa shape index (κ2) is 9.33. The van der Waals surface area contributed by atoms with Gasteiger partial charge in [-0.3, -0.25) is 0 Å². The van der Waals surface area contributed by atoms with Gasteiger partial charge in [0, 0.05) is 22.1 Å². The Balaban J connectivity index is 0.000000215.